The Balaban J connectivity index is 1.87. The van der Waals surface area contributed by atoms with Gasteiger partial charge >= 0.3 is 0 Å². The maximum atomic E-state index is 11.5. The summed E-state index contributed by atoms with van der Waals surface area (Å²) in [5, 5.41) is 2.95. The number of amides is 1. The molecule has 16 heavy (non-hydrogen) atoms. The van der Waals surface area contributed by atoms with Crippen LogP contribution in [0.2, 0.25) is 0 Å². The average molecular weight is 239 g/mol. The van der Waals surface area contributed by atoms with E-state index in [1.165, 1.54) is 9.75 Å². The molecule has 0 saturated heterocycles. The van der Waals surface area contributed by atoms with Crippen LogP contribution in [0, 0.1) is 12.8 Å². The van der Waals surface area contributed by atoms with Gasteiger partial charge in [0.1, 0.15) is 6.10 Å². The number of hydrogen-bond acceptors (Lipinski definition) is 3. The molecule has 0 aliphatic heterocycles. The molecule has 3 nitrogen and oxygen atoms in total. The highest BCUT2D eigenvalue weighted by Gasteiger charge is 2.29. The Morgan fingerprint density at radius 3 is 2.88 bits per heavy atom. The summed E-state index contributed by atoms with van der Waals surface area (Å²) in [6.45, 7) is 2.65. The van der Waals surface area contributed by atoms with Crippen molar-refractivity contribution in [2.45, 2.75) is 25.9 Å². The molecule has 1 aliphatic rings. The number of hydrogen-bond donors (Lipinski definition) is 1. The summed E-state index contributed by atoms with van der Waals surface area (Å²) < 4.78 is 5.40. The Morgan fingerprint density at radius 1 is 1.62 bits per heavy atom. The summed E-state index contributed by atoms with van der Waals surface area (Å²) in [6, 6.07) is 4.15. The number of thiophene rings is 1. The number of aryl methyl sites for hydroxylation is 1. The van der Waals surface area contributed by atoms with Crippen molar-refractivity contribution in [3.05, 3.63) is 21.9 Å². The first kappa shape index (κ1) is 11.6. The Morgan fingerprint density at radius 2 is 2.38 bits per heavy atom. The van der Waals surface area contributed by atoms with E-state index in [1.807, 2.05) is 0 Å². The van der Waals surface area contributed by atoms with Gasteiger partial charge in [-0.2, -0.15) is 0 Å². The van der Waals surface area contributed by atoms with Crippen molar-refractivity contribution in [1.29, 1.82) is 0 Å². The number of ether oxygens (including phenoxy) is 1. The molecule has 1 aromatic rings. The fourth-order valence-electron chi connectivity index (χ4n) is 1.61. The molecule has 4 heteroatoms. The molecular formula is C12H17NO2S. The maximum absolute atomic E-state index is 11.5. The average Bonchev–Trinajstić information content (AvgIpc) is 3.03. The molecule has 0 bridgehead atoms. The molecule has 1 atom stereocenters. The number of nitrogens with one attached hydrogen (secondary N) is 1. The van der Waals surface area contributed by atoms with Crippen LogP contribution in [0.4, 0.5) is 0 Å². The van der Waals surface area contributed by atoms with Gasteiger partial charge in [-0.3, -0.25) is 4.79 Å². The molecule has 1 heterocycles. The minimum Gasteiger partial charge on any atom is -0.374 e. The molecule has 1 N–H and O–H groups in total. The van der Waals surface area contributed by atoms with Gasteiger partial charge in [-0.15, -0.1) is 11.3 Å². The van der Waals surface area contributed by atoms with E-state index in [2.05, 4.69) is 24.4 Å². The standard InChI is InChI=1S/C12H17NO2S/c1-8-3-6-11(16-8)10(15-2)7-13-12(14)9-4-5-9/h3,6,9-10H,4-5,7H2,1-2H3,(H,13,14)/t10-/m1/s1. The van der Waals surface area contributed by atoms with E-state index in [9.17, 15) is 4.79 Å². The van der Waals surface area contributed by atoms with Crippen molar-refractivity contribution in [3.63, 3.8) is 0 Å². The van der Waals surface area contributed by atoms with Gasteiger partial charge in [0.05, 0.1) is 0 Å². The van der Waals surface area contributed by atoms with Crippen LogP contribution in [0.3, 0.4) is 0 Å². The third-order valence-electron chi connectivity index (χ3n) is 2.77. The summed E-state index contributed by atoms with van der Waals surface area (Å²) >= 11 is 1.72. The van der Waals surface area contributed by atoms with Crippen LogP contribution in [0.25, 0.3) is 0 Å². The minimum absolute atomic E-state index is 0.0126. The van der Waals surface area contributed by atoms with Gasteiger partial charge in [0, 0.05) is 29.3 Å². The first-order chi connectivity index (χ1) is 7.70. The van der Waals surface area contributed by atoms with E-state index in [0.29, 0.717) is 6.54 Å². The zero-order valence-corrected chi connectivity index (χ0v) is 10.5. The number of carbonyl (C=O) groups is 1. The van der Waals surface area contributed by atoms with Gasteiger partial charge in [0.25, 0.3) is 0 Å². The fourth-order valence-corrected chi connectivity index (χ4v) is 2.56. The molecule has 0 unspecified atom stereocenters. The maximum Gasteiger partial charge on any atom is 0.223 e. The van der Waals surface area contributed by atoms with Crippen LogP contribution in [0.15, 0.2) is 12.1 Å². The second-order valence-corrected chi connectivity index (χ2v) is 5.51. The molecule has 1 amide bonds. The first-order valence-electron chi connectivity index (χ1n) is 5.57. The van der Waals surface area contributed by atoms with Crippen LogP contribution >= 0.6 is 11.3 Å². The zero-order valence-electron chi connectivity index (χ0n) is 9.66. The Hall–Kier alpha value is -0.870. The largest absolute Gasteiger partial charge is 0.374 e. The highest BCUT2D eigenvalue weighted by molar-refractivity contribution is 7.12. The lowest BCUT2D eigenvalue weighted by atomic mass is 10.2. The van der Waals surface area contributed by atoms with E-state index < -0.39 is 0 Å². The molecule has 0 spiro atoms. The Kier molecular flexibility index (Phi) is 3.61. The summed E-state index contributed by atoms with van der Waals surface area (Å²) in [5.74, 6) is 0.443. The molecule has 88 valence electrons. The second kappa shape index (κ2) is 4.97. The third kappa shape index (κ3) is 2.83. The van der Waals surface area contributed by atoms with Gasteiger partial charge in [-0.1, -0.05) is 0 Å². The van der Waals surface area contributed by atoms with Crippen molar-refractivity contribution in [2.24, 2.45) is 5.92 Å². The van der Waals surface area contributed by atoms with Gasteiger partial charge in [-0.05, 0) is 31.9 Å². The smallest absolute Gasteiger partial charge is 0.223 e. The topological polar surface area (TPSA) is 38.3 Å². The van der Waals surface area contributed by atoms with Crippen molar-refractivity contribution in [2.75, 3.05) is 13.7 Å². The van der Waals surface area contributed by atoms with Crippen LogP contribution in [0.1, 0.15) is 28.7 Å². The Labute approximate surface area is 99.8 Å². The number of methoxy groups -OCH3 is 1. The first-order valence-corrected chi connectivity index (χ1v) is 6.39. The monoisotopic (exact) mass is 239 g/mol. The zero-order chi connectivity index (χ0) is 11.5. The van der Waals surface area contributed by atoms with Gasteiger partial charge in [-0.25, -0.2) is 0 Å². The molecular weight excluding hydrogens is 222 g/mol. The molecule has 1 fully saturated rings. The second-order valence-electron chi connectivity index (χ2n) is 4.19. The van der Waals surface area contributed by atoms with Gasteiger partial charge in [0.15, 0.2) is 0 Å². The summed E-state index contributed by atoms with van der Waals surface area (Å²) in [6.07, 6.45) is 2.07. The summed E-state index contributed by atoms with van der Waals surface area (Å²) in [4.78, 5) is 13.9. The molecule has 0 radical (unpaired) electrons. The fraction of sp³-hybridized carbons (Fsp3) is 0.583. The molecule has 1 aromatic heterocycles. The Bertz CT molecular complexity index is 371. The molecule has 1 aliphatic carbocycles. The quantitative estimate of drug-likeness (QED) is 0.856. The summed E-state index contributed by atoms with van der Waals surface area (Å²) in [5.41, 5.74) is 0. The minimum atomic E-state index is -0.0126. The highest BCUT2D eigenvalue weighted by atomic mass is 32.1. The van der Waals surface area contributed by atoms with Crippen molar-refractivity contribution in [1.82, 2.24) is 5.32 Å². The highest BCUT2D eigenvalue weighted by Crippen LogP contribution is 2.29. The number of carbonyl (C=O) groups excluding carboxylic acids is 1. The van der Waals surface area contributed by atoms with Crippen molar-refractivity contribution in [3.8, 4) is 0 Å². The molecule has 0 aromatic carbocycles. The van der Waals surface area contributed by atoms with E-state index in [-0.39, 0.29) is 17.9 Å². The molecule has 1 saturated carbocycles. The van der Waals surface area contributed by atoms with E-state index in [4.69, 9.17) is 4.74 Å². The lowest BCUT2D eigenvalue weighted by Crippen LogP contribution is -2.29. The predicted molar refractivity (Wildman–Crippen MR) is 64.5 cm³/mol. The lowest BCUT2D eigenvalue weighted by Gasteiger charge is -2.14. The van der Waals surface area contributed by atoms with Crippen LogP contribution < -0.4 is 5.32 Å². The van der Waals surface area contributed by atoms with Crippen LogP contribution in [0.5, 0.6) is 0 Å². The molecule has 2 rings (SSSR count). The van der Waals surface area contributed by atoms with Crippen molar-refractivity contribution < 1.29 is 9.53 Å². The lowest BCUT2D eigenvalue weighted by molar-refractivity contribution is -0.122. The normalized spacial score (nSPS) is 17.1. The SMILES string of the molecule is CO[C@H](CNC(=O)C1CC1)c1ccc(C)s1. The van der Waals surface area contributed by atoms with E-state index in [1.54, 1.807) is 18.4 Å². The van der Waals surface area contributed by atoms with E-state index >= 15 is 0 Å². The van der Waals surface area contributed by atoms with E-state index in [0.717, 1.165) is 12.8 Å². The van der Waals surface area contributed by atoms with Crippen molar-refractivity contribution >= 4 is 17.2 Å². The summed E-state index contributed by atoms with van der Waals surface area (Å²) in [7, 11) is 1.68. The van der Waals surface area contributed by atoms with Gasteiger partial charge < -0.3 is 10.1 Å². The van der Waals surface area contributed by atoms with Crippen LogP contribution in [-0.4, -0.2) is 19.6 Å². The number of rotatable bonds is 5. The third-order valence-corrected chi connectivity index (χ3v) is 3.87. The van der Waals surface area contributed by atoms with Gasteiger partial charge in [0.2, 0.25) is 5.91 Å². The predicted octanol–water partition coefficient (Wildman–Crippen LogP) is 2.27. The van der Waals surface area contributed by atoms with Crippen LogP contribution in [-0.2, 0) is 9.53 Å².